The number of rotatable bonds is 4. The smallest absolute Gasteiger partial charge is 0.182 e. The van der Waals surface area contributed by atoms with Crippen LogP contribution in [0.2, 0.25) is 0 Å². The molecule has 1 atom stereocenters. The summed E-state index contributed by atoms with van der Waals surface area (Å²) in [4.78, 5) is 20.4. The molecule has 144 valence electrons. The van der Waals surface area contributed by atoms with Crippen molar-refractivity contribution in [2.24, 2.45) is 0 Å². The Morgan fingerprint density at radius 3 is 2.76 bits per heavy atom. The Hall–Kier alpha value is -4.01. The van der Waals surface area contributed by atoms with E-state index in [-0.39, 0.29) is 11.9 Å². The first-order valence-electron chi connectivity index (χ1n) is 9.04. The molecule has 9 heteroatoms. The molecule has 0 aliphatic rings. The van der Waals surface area contributed by atoms with Crippen molar-refractivity contribution in [1.82, 2.24) is 29.5 Å². The summed E-state index contributed by atoms with van der Waals surface area (Å²) >= 11 is 0. The van der Waals surface area contributed by atoms with Crippen molar-refractivity contribution in [3.63, 3.8) is 0 Å². The second kappa shape index (κ2) is 6.55. The van der Waals surface area contributed by atoms with Gasteiger partial charge in [-0.15, -0.1) is 0 Å². The Morgan fingerprint density at radius 2 is 1.93 bits per heavy atom. The van der Waals surface area contributed by atoms with Crippen molar-refractivity contribution in [1.29, 1.82) is 0 Å². The zero-order chi connectivity index (χ0) is 20.0. The van der Waals surface area contributed by atoms with Crippen molar-refractivity contribution in [2.45, 2.75) is 13.0 Å². The summed E-state index contributed by atoms with van der Waals surface area (Å²) in [5.41, 5.74) is 9.98. The van der Waals surface area contributed by atoms with Crippen LogP contribution in [0.1, 0.15) is 18.8 Å². The van der Waals surface area contributed by atoms with Crippen LogP contribution in [-0.2, 0) is 0 Å². The lowest BCUT2D eigenvalue weighted by molar-refractivity contribution is 0.629. The number of anilines is 2. The number of hydrogen-bond acceptors (Lipinski definition) is 6. The molecule has 4 N–H and O–H groups in total. The summed E-state index contributed by atoms with van der Waals surface area (Å²) in [5.74, 6) is 1.000. The Kier molecular flexibility index (Phi) is 3.87. The van der Waals surface area contributed by atoms with Crippen molar-refractivity contribution in [2.75, 3.05) is 11.1 Å². The van der Waals surface area contributed by atoms with E-state index >= 15 is 0 Å². The highest BCUT2D eigenvalue weighted by Gasteiger charge is 2.20. The van der Waals surface area contributed by atoms with Crippen LogP contribution in [0.15, 0.2) is 55.1 Å². The minimum absolute atomic E-state index is 0.246. The standard InChI is InChI=1S/C20H17FN8/c1-11(27-19-17-18(24-9-23-17)25-10-26-19)20-28-15-7-2-12(21)8-16(15)29(20)14-5-3-13(22)4-6-14/h2-11H,22H2,1H3,(H2,23,24,25,26,27). The molecule has 0 amide bonds. The molecule has 0 aliphatic heterocycles. The molecule has 1 unspecified atom stereocenters. The van der Waals surface area contributed by atoms with Crippen molar-refractivity contribution in [3.8, 4) is 5.69 Å². The number of aromatic amines is 1. The second-order valence-corrected chi connectivity index (χ2v) is 6.72. The fraction of sp³-hybridized carbons (Fsp3) is 0.100. The third-order valence-electron chi connectivity index (χ3n) is 4.76. The number of hydrogen-bond donors (Lipinski definition) is 3. The van der Waals surface area contributed by atoms with Crippen molar-refractivity contribution < 1.29 is 4.39 Å². The van der Waals surface area contributed by atoms with Crippen LogP contribution in [0.4, 0.5) is 15.9 Å². The molecule has 5 aromatic rings. The minimum Gasteiger partial charge on any atom is -0.399 e. The predicted molar refractivity (Wildman–Crippen MR) is 109 cm³/mol. The highest BCUT2D eigenvalue weighted by Crippen LogP contribution is 2.29. The highest BCUT2D eigenvalue weighted by atomic mass is 19.1. The molecule has 0 spiro atoms. The first-order chi connectivity index (χ1) is 14.1. The largest absolute Gasteiger partial charge is 0.399 e. The Morgan fingerprint density at radius 1 is 1.10 bits per heavy atom. The van der Waals surface area contributed by atoms with E-state index in [2.05, 4.69) is 25.3 Å². The van der Waals surface area contributed by atoms with Crippen LogP contribution in [0, 0.1) is 5.82 Å². The molecule has 0 bridgehead atoms. The first kappa shape index (κ1) is 17.1. The van der Waals surface area contributed by atoms with Crippen LogP contribution in [0.3, 0.4) is 0 Å². The van der Waals surface area contributed by atoms with Gasteiger partial charge in [-0.1, -0.05) is 0 Å². The number of halogens is 1. The van der Waals surface area contributed by atoms with Crippen molar-refractivity contribution in [3.05, 3.63) is 66.8 Å². The van der Waals surface area contributed by atoms with Gasteiger partial charge in [0.1, 0.15) is 23.5 Å². The fourth-order valence-electron chi connectivity index (χ4n) is 3.40. The molecule has 8 nitrogen and oxygen atoms in total. The Balaban J connectivity index is 1.64. The van der Waals surface area contributed by atoms with Crippen LogP contribution in [0.5, 0.6) is 0 Å². The summed E-state index contributed by atoms with van der Waals surface area (Å²) < 4.78 is 15.9. The average molecular weight is 388 g/mol. The summed E-state index contributed by atoms with van der Waals surface area (Å²) in [5, 5.41) is 3.36. The third kappa shape index (κ3) is 2.92. The van der Waals surface area contributed by atoms with Gasteiger partial charge in [-0.2, -0.15) is 0 Å². The molecule has 2 aromatic carbocycles. The van der Waals surface area contributed by atoms with E-state index in [1.165, 1.54) is 18.5 Å². The maximum atomic E-state index is 14.0. The monoisotopic (exact) mass is 388 g/mol. The van der Waals surface area contributed by atoms with Gasteiger partial charge in [-0.3, -0.25) is 4.57 Å². The number of aromatic nitrogens is 6. The summed E-state index contributed by atoms with van der Waals surface area (Å²) in [6.45, 7) is 1.97. The van der Waals surface area contributed by atoms with Gasteiger partial charge in [0.2, 0.25) is 0 Å². The van der Waals surface area contributed by atoms with Gasteiger partial charge in [0.25, 0.3) is 0 Å². The van der Waals surface area contributed by atoms with Gasteiger partial charge >= 0.3 is 0 Å². The molecule has 0 radical (unpaired) electrons. The van der Waals surface area contributed by atoms with Crippen LogP contribution >= 0.6 is 0 Å². The lowest BCUT2D eigenvalue weighted by Gasteiger charge is -2.17. The zero-order valence-electron chi connectivity index (χ0n) is 15.5. The lowest BCUT2D eigenvalue weighted by atomic mass is 10.2. The van der Waals surface area contributed by atoms with Gasteiger partial charge in [0.15, 0.2) is 11.5 Å². The number of H-pyrrole nitrogens is 1. The molecule has 29 heavy (non-hydrogen) atoms. The van der Waals surface area contributed by atoms with E-state index in [0.717, 1.165) is 5.69 Å². The van der Waals surface area contributed by atoms with E-state index in [0.29, 0.717) is 39.5 Å². The van der Waals surface area contributed by atoms with E-state index in [1.54, 1.807) is 24.5 Å². The molecule has 0 saturated heterocycles. The number of nitrogen functional groups attached to an aromatic ring is 1. The molecule has 3 aromatic heterocycles. The van der Waals surface area contributed by atoms with Gasteiger partial charge in [-0.05, 0) is 43.3 Å². The van der Waals surface area contributed by atoms with Crippen LogP contribution in [0.25, 0.3) is 27.9 Å². The molecule has 3 heterocycles. The van der Waals surface area contributed by atoms with E-state index < -0.39 is 0 Å². The van der Waals surface area contributed by atoms with Gasteiger partial charge in [0.05, 0.1) is 23.4 Å². The normalized spacial score (nSPS) is 12.5. The first-order valence-corrected chi connectivity index (χ1v) is 9.04. The maximum Gasteiger partial charge on any atom is 0.182 e. The van der Waals surface area contributed by atoms with Crippen LogP contribution in [-0.4, -0.2) is 29.5 Å². The van der Waals surface area contributed by atoms with E-state index in [9.17, 15) is 4.39 Å². The average Bonchev–Trinajstić information content (AvgIpc) is 3.34. The molecule has 0 aliphatic carbocycles. The lowest BCUT2D eigenvalue weighted by Crippen LogP contribution is -2.14. The predicted octanol–water partition coefficient (Wildman–Crippen LogP) is 3.59. The quantitative estimate of drug-likeness (QED) is 0.406. The highest BCUT2D eigenvalue weighted by molar-refractivity contribution is 5.82. The minimum atomic E-state index is -0.323. The molecular formula is C20H17FN8. The summed E-state index contributed by atoms with van der Waals surface area (Å²) in [7, 11) is 0. The van der Waals surface area contributed by atoms with Gasteiger partial charge < -0.3 is 16.0 Å². The summed E-state index contributed by atoms with van der Waals surface area (Å²) in [6.07, 6.45) is 3.03. The second-order valence-electron chi connectivity index (χ2n) is 6.72. The number of nitrogens with one attached hydrogen (secondary N) is 2. The van der Waals surface area contributed by atoms with Gasteiger partial charge in [-0.25, -0.2) is 24.3 Å². The zero-order valence-corrected chi connectivity index (χ0v) is 15.5. The number of benzene rings is 2. The molecule has 0 saturated carbocycles. The Labute approximate surface area is 164 Å². The SMILES string of the molecule is CC(Nc1ncnc2nc[nH]c12)c1nc2ccc(F)cc2n1-c1ccc(N)cc1. The number of fused-ring (bicyclic) bond motifs is 2. The number of nitrogens with zero attached hydrogens (tertiary/aromatic N) is 5. The van der Waals surface area contributed by atoms with Crippen LogP contribution < -0.4 is 11.1 Å². The number of imidazole rings is 2. The topological polar surface area (TPSA) is 110 Å². The summed E-state index contributed by atoms with van der Waals surface area (Å²) in [6, 6.07) is 11.7. The number of nitrogens with two attached hydrogens (primary N) is 1. The molecule has 0 fully saturated rings. The van der Waals surface area contributed by atoms with Gasteiger partial charge in [0, 0.05) is 17.4 Å². The van der Waals surface area contributed by atoms with Crippen molar-refractivity contribution >= 4 is 33.7 Å². The molecule has 5 rings (SSSR count). The van der Waals surface area contributed by atoms with E-state index in [1.807, 2.05) is 23.6 Å². The molecular weight excluding hydrogens is 371 g/mol. The van der Waals surface area contributed by atoms with E-state index in [4.69, 9.17) is 10.7 Å². The maximum absolute atomic E-state index is 14.0. The third-order valence-corrected chi connectivity index (χ3v) is 4.76. The fourth-order valence-corrected chi connectivity index (χ4v) is 3.40. The Bertz CT molecular complexity index is 1320.